The lowest BCUT2D eigenvalue weighted by Gasteiger charge is -2.45. The summed E-state index contributed by atoms with van der Waals surface area (Å²) in [4.78, 5) is 28.5. The zero-order valence-corrected chi connectivity index (χ0v) is 27.3. The van der Waals surface area contributed by atoms with Crippen molar-refractivity contribution in [1.29, 1.82) is 0 Å². The molecule has 0 saturated carbocycles. The van der Waals surface area contributed by atoms with Gasteiger partial charge in [-0.3, -0.25) is 4.79 Å². The summed E-state index contributed by atoms with van der Waals surface area (Å²) in [7, 11) is 4.00. The van der Waals surface area contributed by atoms with Gasteiger partial charge < -0.3 is 19.3 Å². The fourth-order valence-electron chi connectivity index (χ4n) is 6.25. The molecule has 1 amide bonds. The predicted octanol–water partition coefficient (Wildman–Crippen LogP) is 5.97. The van der Waals surface area contributed by atoms with Gasteiger partial charge in [0.25, 0.3) is 0 Å². The SMILES string of the molecule is C=CC(=O)N1C[C@H](C)N(c2nc(N3CC(N(C)I)C3)nc3c(F)c(-c4c(C)ccc5ccn(C)c45)c(Cl)cc23)C[C@H]1C. The van der Waals surface area contributed by atoms with E-state index in [1.165, 1.54) is 6.08 Å². The van der Waals surface area contributed by atoms with Crippen LogP contribution in [-0.2, 0) is 11.8 Å². The Hall–Kier alpha value is -2.96. The minimum Gasteiger partial charge on any atom is -0.350 e. The fourth-order valence-corrected chi connectivity index (χ4v) is 6.89. The molecule has 2 fully saturated rings. The summed E-state index contributed by atoms with van der Waals surface area (Å²) in [6.45, 7) is 12.2. The Morgan fingerprint density at radius 3 is 2.57 bits per heavy atom. The lowest BCUT2D eigenvalue weighted by Crippen LogP contribution is -2.58. The molecule has 2 aromatic heterocycles. The quantitative estimate of drug-likeness (QED) is 0.145. The van der Waals surface area contributed by atoms with Crippen LogP contribution in [0.4, 0.5) is 16.2 Å². The number of aryl methyl sites for hydroxylation is 2. The molecule has 8 nitrogen and oxygen atoms in total. The van der Waals surface area contributed by atoms with Crippen molar-refractivity contribution in [3.8, 4) is 11.1 Å². The van der Waals surface area contributed by atoms with E-state index in [0.717, 1.165) is 35.1 Å². The van der Waals surface area contributed by atoms with Gasteiger partial charge in [0.05, 0.1) is 16.6 Å². The number of halogens is 3. The number of amides is 1. The molecule has 220 valence electrons. The zero-order valence-electron chi connectivity index (χ0n) is 24.4. The van der Waals surface area contributed by atoms with Crippen LogP contribution >= 0.6 is 34.5 Å². The third kappa shape index (κ3) is 4.71. The highest BCUT2D eigenvalue weighted by atomic mass is 127. The number of rotatable bonds is 5. The van der Waals surface area contributed by atoms with E-state index in [2.05, 4.69) is 49.3 Å². The van der Waals surface area contributed by atoms with Crippen LogP contribution in [0.1, 0.15) is 19.4 Å². The van der Waals surface area contributed by atoms with Crippen molar-refractivity contribution in [3.05, 3.63) is 59.5 Å². The molecule has 42 heavy (non-hydrogen) atoms. The summed E-state index contributed by atoms with van der Waals surface area (Å²) in [5.74, 6) is 0.578. The lowest BCUT2D eigenvalue weighted by molar-refractivity contribution is -0.128. The summed E-state index contributed by atoms with van der Waals surface area (Å²) in [5, 5.41) is 1.89. The van der Waals surface area contributed by atoms with Crippen molar-refractivity contribution in [3.63, 3.8) is 0 Å². The highest BCUT2D eigenvalue weighted by Gasteiger charge is 2.36. The van der Waals surface area contributed by atoms with Gasteiger partial charge in [-0.05, 0) is 51.6 Å². The Bertz CT molecular complexity index is 1730. The van der Waals surface area contributed by atoms with Crippen molar-refractivity contribution in [2.45, 2.75) is 38.9 Å². The number of benzene rings is 2. The number of fused-ring (bicyclic) bond motifs is 2. The molecular weight excluding hydrogens is 668 g/mol. The number of hydrogen-bond donors (Lipinski definition) is 0. The van der Waals surface area contributed by atoms with Crippen molar-refractivity contribution in [2.75, 3.05) is 43.0 Å². The van der Waals surface area contributed by atoms with Crippen molar-refractivity contribution >= 4 is 73.9 Å². The Morgan fingerprint density at radius 1 is 1.14 bits per heavy atom. The minimum atomic E-state index is -0.455. The maximum absolute atomic E-state index is 17.0. The van der Waals surface area contributed by atoms with Crippen LogP contribution in [0.5, 0.6) is 0 Å². The van der Waals surface area contributed by atoms with E-state index < -0.39 is 5.82 Å². The van der Waals surface area contributed by atoms with Gasteiger partial charge >= 0.3 is 0 Å². The van der Waals surface area contributed by atoms with Crippen molar-refractivity contribution in [2.24, 2.45) is 7.05 Å². The third-order valence-electron chi connectivity index (χ3n) is 8.71. The maximum atomic E-state index is 17.0. The van der Waals surface area contributed by atoms with Crippen molar-refractivity contribution in [1.82, 2.24) is 22.5 Å². The standard InChI is InChI=1S/C31H34ClFIN7O/c1-7-24(42)40-13-19(4)41(14-18(40)3)30-22-12-23(32)26(25-17(2)8-9-20-10-11-37(5)29(20)25)27(33)28(22)35-31(36-30)39-15-21(16-39)38(6)34/h7-12,18-19,21H,1,13-16H2,2-6H3/t18-,19+/m1/s1. The second-order valence-corrected chi connectivity index (χ2v) is 13.5. The zero-order chi connectivity index (χ0) is 30.0. The van der Waals surface area contributed by atoms with Gasteiger partial charge in [0, 0.05) is 96.3 Å². The van der Waals surface area contributed by atoms with Crippen LogP contribution < -0.4 is 9.80 Å². The number of anilines is 2. The molecule has 2 aliphatic rings. The molecule has 2 aromatic carbocycles. The third-order valence-corrected chi connectivity index (χ3v) is 9.80. The Labute approximate surface area is 264 Å². The lowest BCUT2D eigenvalue weighted by atomic mass is 9.95. The molecule has 2 aliphatic heterocycles. The van der Waals surface area contributed by atoms with Gasteiger partial charge in [-0.15, -0.1) is 0 Å². The Morgan fingerprint density at radius 2 is 1.88 bits per heavy atom. The fraction of sp³-hybridized carbons (Fsp3) is 0.387. The van der Waals surface area contributed by atoms with E-state index in [4.69, 9.17) is 21.6 Å². The number of carbonyl (C=O) groups excluding carboxylic acids is 1. The van der Waals surface area contributed by atoms with Crippen LogP contribution in [0, 0.1) is 12.7 Å². The van der Waals surface area contributed by atoms with Gasteiger partial charge in [-0.1, -0.05) is 30.3 Å². The van der Waals surface area contributed by atoms with Crippen LogP contribution in [0.2, 0.25) is 5.02 Å². The summed E-state index contributed by atoms with van der Waals surface area (Å²) < 4.78 is 21.1. The topological polar surface area (TPSA) is 60.7 Å². The summed E-state index contributed by atoms with van der Waals surface area (Å²) in [6, 6.07) is 8.09. The summed E-state index contributed by atoms with van der Waals surface area (Å²) in [5.41, 5.74) is 3.21. The van der Waals surface area contributed by atoms with Gasteiger partial charge in [0.1, 0.15) is 11.3 Å². The van der Waals surface area contributed by atoms with Crippen LogP contribution in [0.25, 0.3) is 32.9 Å². The average molecular weight is 702 g/mol. The van der Waals surface area contributed by atoms with E-state index in [1.54, 1.807) is 0 Å². The summed E-state index contributed by atoms with van der Waals surface area (Å²) >= 11 is 9.28. The van der Waals surface area contributed by atoms with E-state index in [-0.39, 0.29) is 23.5 Å². The van der Waals surface area contributed by atoms with E-state index in [0.29, 0.717) is 46.9 Å². The van der Waals surface area contributed by atoms with E-state index in [9.17, 15) is 4.79 Å². The van der Waals surface area contributed by atoms with Gasteiger partial charge in [-0.25, -0.2) is 12.5 Å². The van der Waals surface area contributed by atoms with Gasteiger partial charge in [-0.2, -0.15) is 4.98 Å². The van der Waals surface area contributed by atoms with Crippen LogP contribution in [0.3, 0.4) is 0 Å². The largest absolute Gasteiger partial charge is 0.350 e. The second kappa shape index (κ2) is 10.9. The van der Waals surface area contributed by atoms with E-state index in [1.807, 2.05) is 67.9 Å². The molecule has 0 aliphatic carbocycles. The van der Waals surface area contributed by atoms with E-state index >= 15 is 4.39 Å². The first-order valence-electron chi connectivity index (χ1n) is 14.1. The first kappa shape index (κ1) is 29.1. The number of carbonyl (C=O) groups is 1. The molecule has 0 bridgehead atoms. The van der Waals surface area contributed by atoms with Crippen molar-refractivity contribution < 1.29 is 9.18 Å². The molecule has 11 heteroatoms. The highest BCUT2D eigenvalue weighted by molar-refractivity contribution is 14.1. The summed E-state index contributed by atoms with van der Waals surface area (Å²) in [6.07, 6.45) is 3.33. The molecule has 4 aromatic rings. The molecular formula is C31H34ClFIN7O. The highest BCUT2D eigenvalue weighted by Crippen LogP contribution is 2.43. The number of piperazine rings is 1. The number of nitrogens with zero attached hydrogens (tertiary/aromatic N) is 7. The normalized spacial score (nSPS) is 19.7. The first-order chi connectivity index (χ1) is 20.0. The molecule has 2 atom stereocenters. The molecule has 0 unspecified atom stereocenters. The molecule has 0 spiro atoms. The minimum absolute atomic E-state index is 0.0680. The Kier molecular flexibility index (Phi) is 7.59. The second-order valence-electron chi connectivity index (χ2n) is 11.5. The monoisotopic (exact) mass is 701 g/mol. The smallest absolute Gasteiger partial charge is 0.246 e. The molecule has 4 heterocycles. The maximum Gasteiger partial charge on any atom is 0.246 e. The average Bonchev–Trinajstić information content (AvgIpc) is 3.30. The van der Waals surface area contributed by atoms with Gasteiger partial charge in [0.2, 0.25) is 11.9 Å². The first-order valence-corrected chi connectivity index (χ1v) is 15.4. The molecule has 0 N–H and O–H groups in total. The molecule has 6 rings (SSSR count). The van der Waals surface area contributed by atoms with Crippen LogP contribution in [0.15, 0.2) is 43.1 Å². The Balaban J connectivity index is 1.55. The number of likely N-dealkylation sites (N-methyl/N-ethyl adjacent to an activating group) is 1. The molecule has 0 radical (unpaired) electrons. The number of hydrogen-bond acceptors (Lipinski definition) is 6. The van der Waals surface area contributed by atoms with Crippen LogP contribution in [-0.4, -0.2) is 79.8 Å². The predicted molar refractivity (Wildman–Crippen MR) is 177 cm³/mol. The van der Waals surface area contributed by atoms with Gasteiger partial charge in [0.15, 0.2) is 5.82 Å². The molecule has 2 saturated heterocycles. The number of aromatic nitrogens is 3.